The Morgan fingerprint density at radius 3 is 2.47 bits per heavy atom. The van der Waals surface area contributed by atoms with Crippen LogP contribution >= 0.6 is 0 Å². The Morgan fingerprint density at radius 2 is 2.00 bits per heavy atom. The van der Waals surface area contributed by atoms with Crippen molar-refractivity contribution in [2.45, 2.75) is 44.9 Å². The van der Waals surface area contributed by atoms with Crippen molar-refractivity contribution in [3.8, 4) is 11.5 Å². The van der Waals surface area contributed by atoms with E-state index in [0.29, 0.717) is 11.8 Å². The summed E-state index contributed by atoms with van der Waals surface area (Å²) in [5, 5.41) is 11.5. The maximum absolute atomic E-state index is 10.4. The van der Waals surface area contributed by atoms with Crippen molar-refractivity contribution in [3.05, 3.63) is 17.7 Å². The molecular weight excluding hydrogens is 254 g/mol. The van der Waals surface area contributed by atoms with Crippen LogP contribution in [-0.4, -0.2) is 32.5 Å². The van der Waals surface area contributed by atoms with Gasteiger partial charge in [0.1, 0.15) is 11.5 Å². The zero-order chi connectivity index (χ0) is 14.0. The van der Waals surface area contributed by atoms with Gasteiger partial charge in [0.15, 0.2) is 0 Å². The second kappa shape index (κ2) is 5.37. The summed E-state index contributed by atoms with van der Waals surface area (Å²) in [6.07, 6.45) is 5.42. The molecule has 0 unspecified atom stereocenters. The lowest BCUT2D eigenvalue weighted by molar-refractivity contribution is 0.412. The maximum atomic E-state index is 10.4. The van der Waals surface area contributed by atoms with Gasteiger partial charge in [-0.25, -0.2) is 0 Å². The number of rotatable bonds is 4. The van der Waals surface area contributed by atoms with Crippen LogP contribution < -0.4 is 9.92 Å². The summed E-state index contributed by atoms with van der Waals surface area (Å²) < 4.78 is 5.34. The van der Waals surface area contributed by atoms with Crippen LogP contribution in [0.1, 0.15) is 24.8 Å². The normalized spacial score (nSPS) is 16.6. The van der Waals surface area contributed by atoms with Gasteiger partial charge in [0.2, 0.25) is 0 Å². The van der Waals surface area contributed by atoms with Gasteiger partial charge in [0.25, 0.3) is 0 Å². The SMILES string of the molecule is COc1cc(C=NC2CCC2)c(O)c([Si](C)(C)C)c1. The van der Waals surface area contributed by atoms with E-state index >= 15 is 0 Å². The first-order valence-electron chi connectivity index (χ1n) is 6.86. The molecule has 0 amide bonds. The largest absolute Gasteiger partial charge is 0.507 e. The topological polar surface area (TPSA) is 41.8 Å². The summed E-state index contributed by atoms with van der Waals surface area (Å²) >= 11 is 0. The van der Waals surface area contributed by atoms with E-state index in [9.17, 15) is 5.11 Å². The Balaban J connectivity index is 2.38. The minimum absolute atomic E-state index is 0.378. The molecule has 3 nitrogen and oxygen atoms in total. The van der Waals surface area contributed by atoms with Crippen molar-refractivity contribution in [2.24, 2.45) is 4.99 Å². The van der Waals surface area contributed by atoms with Gasteiger partial charge in [-0.3, -0.25) is 4.99 Å². The van der Waals surface area contributed by atoms with Crippen molar-refractivity contribution in [3.63, 3.8) is 0 Å². The van der Waals surface area contributed by atoms with Crippen LogP contribution in [0.15, 0.2) is 17.1 Å². The Kier molecular flexibility index (Phi) is 3.99. The number of hydrogen-bond acceptors (Lipinski definition) is 3. The zero-order valence-electron chi connectivity index (χ0n) is 12.2. The molecule has 1 N–H and O–H groups in total. The molecule has 19 heavy (non-hydrogen) atoms. The average molecular weight is 277 g/mol. The molecule has 0 bridgehead atoms. The number of aliphatic imine (C=N–C) groups is 1. The van der Waals surface area contributed by atoms with E-state index in [2.05, 4.69) is 24.6 Å². The number of phenolic OH excluding ortho intramolecular Hbond substituents is 1. The lowest BCUT2D eigenvalue weighted by Crippen LogP contribution is -2.38. The van der Waals surface area contributed by atoms with Crippen LogP contribution in [0.5, 0.6) is 11.5 Å². The van der Waals surface area contributed by atoms with Crippen LogP contribution in [0, 0.1) is 0 Å². The van der Waals surface area contributed by atoms with Gasteiger partial charge in [-0.15, -0.1) is 0 Å². The Bertz CT molecular complexity index is 488. The molecule has 1 aromatic carbocycles. The maximum Gasteiger partial charge on any atom is 0.123 e. The third-order valence-corrected chi connectivity index (χ3v) is 5.65. The predicted molar refractivity (Wildman–Crippen MR) is 82.9 cm³/mol. The molecule has 1 aliphatic rings. The summed E-state index contributed by atoms with van der Waals surface area (Å²) in [5.74, 6) is 1.17. The van der Waals surface area contributed by atoms with Gasteiger partial charge in [-0.1, -0.05) is 19.6 Å². The molecule has 0 saturated heterocycles. The van der Waals surface area contributed by atoms with E-state index in [-0.39, 0.29) is 0 Å². The number of nitrogens with zero attached hydrogens (tertiary/aromatic N) is 1. The molecule has 1 fully saturated rings. The van der Waals surface area contributed by atoms with E-state index < -0.39 is 8.07 Å². The van der Waals surface area contributed by atoms with Crippen LogP contribution in [-0.2, 0) is 0 Å². The highest BCUT2D eigenvalue weighted by molar-refractivity contribution is 6.89. The highest BCUT2D eigenvalue weighted by Gasteiger charge is 2.23. The van der Waals surface area contributed by atoms with Gasteiger partial charge in [0.05, 0.1) is 15.2 Å². The van der Waals surface area contributed by atoms with Crippen LogP contribution in [0.3, 0.4) is 0 Å². The first kappa shape index (κ1) is 14.1. The average Bonchev–Trinajstić information content (AvgIpc) is 2.27. The molecule has 0 aliphatic heterocycles. The predicted octanol–water partition coefficient (Wildman–Crippen LogP) is 2.92. The summed E-state index contributed by atoms with van der Waals surface area (Å²) in [5.41, 5.74) is 0.781. The third-order valence-electron chi connectivity index (χ3n) is 3.66. The molecule has 104 valence electrons. The van der Waals surface area contributed by atoms with Gasteiger partial charge in [-0.2, -0.15) is 0 Å². The lowest BCUT2D eigenvalue weighted by Gasteiger charge is -2.22. The highest BCUT2D eigenvalue weighted by atomic mass is 28.3. The number of aromatic hydroxyl groups is 1. The van der Waals surface area contributed by atoms with Crippen molar-refractivity contribution in [1.82, 2.24) is 0 Å². The number of phenols is 1. The first-order valence-corrected chi connectivity index (χ1v) is 10.4. The van der Waals surface area contributed by atoms with Crippen LogP contribution in [0.2, 0.25) is 19.6 Å². The van der Waals surface area contributed by atoms with Crippen molar-refractivity contribution >= 4 is 19.5 Å². The van der Waals surface area contributed by atoms with Gasteiger partial charge < -0.3 is 9.84 Å². The minimum Gasteiger partial charge on any atom is -0.507 e. The fourth-order valence-electron chi connectivity index (χ4n) is 2.14. The number of benzene rings is 1. The minimum atomic E-state index is -1.60. The van der Waals surface area contributed by atoms with E-state index in [1.807, 2.05) is 18.3 Å². The second-order valence-corrected chi connectivity index (χ2v) is 11.3. The molecule has 1 aliphatic carbocycles. The number of methoxy groups -OCH3 is 1. The fourth-order valence-corrected chi connectivity index (χ4v) is 3.57. The molecule has 1 saturated carbocycles. The molecule has 0 radical (unpaired) electrons. The lowest BCUT2D eigenvalue weighted by atomic mass is 9.94. The molecule has 1 aromatic rings. The first-order chi connectivity index (χ1) is 8.91. The van der Waals surface area contributed by atoms with Crippen molar-refractivity contribution < 1.29 is 9.84 Å². The summed E-state index contributed by atoms with van der Waals surface area (Å²) in [6, 6.07) is 4.27. The molecular formula is C15H23NO2Si. The second-order valence-electron chi connectivity index (χ2n) is 6.23. The van der Waals surface area contributed by atoms with Gasteiger partial charge in [-0.05, 0) is 36.6 Å². The van der Waals surface area contributed by atoms with Crippen molar-refractivity contribution in [2.75, 3.05) is 7.11 Å². The smallest absolute Gasteiger partial charge is 0.123 e. The third kappa shape index (κ3) is 3.18. The van der Waals surface area contributed by atoms with Crippen LogP contribution in [0.25, 0.3) is 0 Å². The molecule has 2 rings (SSSR count). The Hall–Kier alpha value is -1.29. The fraction of sp³-hybridized carbons (Fsp3) is 0.533. The Morgan fingerprint density at radius 1 is 1.32 bits per heavy atom. The zero-order valence-corrected chi connectivity index (χ0v) is 13.2. The van der Waals surface area contributed by atoms with Crippen molar-refractivity contribution in [1.29, 1.82) is 0 Å². The van der Waals surface area contributed by atoms with Gasteiger partial charge >= 0.3 is 0 Å². The summed E-state index contributed by atoms with van der Waals surface area (Å²) in [6.45, 7) is 6.65. The van der Waals surface area contributed by atoms with Crippen LogP contribution in [0.4, 0.5) is 0 Å². The highest BCUT2D eigenvalue weighted by Crippen LogP contribution is 2.25. The molecule has 0 spiro atoms. The van der Waals surface area contributed by atoms with E-state index in [1.165, 1.54) is 19.3 Å². The molecule has 0 heterocycles. The monoisotopic (exact) mass is 277 g/mol. The van der Waals surface area contributed by atoms with E-state index in [0.717, 1.165) is 16.5 Å². The van der Waals surface area contributed by atoms with E-state index in [4.69, 9.17) is 4.74 Å². The molecule has 0 atom stereocenters. The Labute approximate surface area is 116 Å². The summed E-state index contributed by atoms with van der Waals surface area (Å²) in [7, 11) is 0.0608. The number of ether oxygens (including phenoxy) is 1. The molecule has 4 heteroatoms. The number of hydrogen-bond donors (Lipinski definition) is 1. The quantitative estimate of drug-likeness (QED) is 0.679. The summed E-state index contributed by atoms with van der Waals surface area (Å²) in [4.78, 5) is 4.53. The van der Waals surface area contributed by atoms with Gasteiger partial charge in [0, 0.05) is 17.8 Å². The standard InChI is InChI=1S/C15H23NO2Si/c1-18-13-8-11(10-16-12-6-5-7-12)15(17)14(9-13)19(2,3)4/h8-10,12,17H,5-7H2,1-4H3. The molecule has 0 aromatic heterocycles. The van der Waals surface area contributed by atoms with E-state index in [1.54, 1.807) is 7.11 Å².